The largest absolute Gasteiger partial charge is 0.497 e. The maximum Gasteiger partial charge on any atom is 0.220 e. The van der Waals surface area contributed by atoms with Gasteiger partial charge in [-0.1, -0.05) is 24.3 Å². The first-order valence-corrected chi connectivity index (χ1v) is 12.0. The van der Waals surface area contributed by atoms with Crippen molar-refractivity contribution in [3.05, 3.63) is 59.1 Å². The van der Waals surface area contributed by atoms with Crippen LogP contribution < -0.4 is 29.4 Å². The lowest BCUT2D eigenvalue weighted by Gasteiger charge is -2.20. The fourth-order valence-electron chi connectivity index (χ4n) is 5.42. The van der Waals surface area contributed by atoms with Crippen LogP contribution >= 0.6 is 0 Å². The van der Waals surface area contributed by atoms with Gasteiger partial charge in [0.1, 0.15) is 18.9 Å². The number of benzene rings is 3. The van der Waals surface area contributed by atoms with Crippen LogP contribution in [-0.2, 0) is 16.5 Å². The van der Waals surface area contributed by atoms with E-state index >= 15 is 0 Å². The number of aromatic nitrogens is 1. The second kappa shape index (κ2) is 9.36. The van der Waals surface area contributed by atoms with Gasteiger partial charge in [0.2, 0.25) is 5.52 Å². The number of rotatable bonds is 6. The van der Waals surface area contributed by atoms with Crippen molar-refractivity contribution < 1.29 is 23.5 Å². The fraction of sp³-hybridized carbons (Fsp3) is 0.300. The third kappa shape index (κ3) is 3.64. The molecule has 0 saturated heterocycles. The number of nitrogens with zero attached hydrogens (tertiary/aromatic N) is 2. The number of anilines is 1. The zero-order valence-electron chi connectivity index (χ0n) is 22.0. The molecule has 0 radical (unpaired) electrons. The van der Waals surface area contributed by atoms with E-state index < -0.39 is 0 Å². The van der Waals surface area contributed by atoms with E-state index in [9.17, 15) is 0 Å². The van der Waals surface area contributed by atoms with Gasteiger partial charge in [-0.25, -0.2) is 0 Å². The highest BCUT2D eigenvalue weighted by Crippen LogP contribution is 2.45. The van der Waals surface area contributed by atoms with Crippen molar-refractivity contribution >= 4 is 39.2 Å². The summed E-state index contributed by atoms with van der Waals surface area (Å²) in [6.45, 7) is 0. The Kier molecular flexibility index (Phi) is 6.22. The first-order valence-electron chi connectivity index (χ1n) is 12.0. The molecule has 1 aliphatic carbocycles. The van der Waals surface area contributed by atoms with Crippen molar-refractivity contribution in [3.8, 4) is 22.6 Å². The van der Waals surface area contributed by atoms with E-state index in [0.717, 1.165) is 61.6 Å². The van der Waals surface area contributed by atoms with E-state index in [2.05, 4.69) is 71.3 Å². The summed E-state index contributed by atoms with van der Waals surface area (Å²) in [4.78, 5) is 2.09. The van der Waals surface area contributed by atoms with Crippen LogP contribution in [0.2, 0.25) is 0 Å². The minimum absolute atomic E-state index is 0.0819. The number of aryl methyl sites for hydroxylation is 1. The number of hydrogen-bond acceptors (Lipinski definition) is 5. The normalized spacial score (nSPS) is 15.0. The second-order valence-electron chi connectivity index (χ2n) is 9.29. The van der Waals surface area contributed by atoms with Crippen LogP contribution in [0.25, 0.3) is 44.6 Å². The van der Waals surface area contributed by atoms with Crippen molar-refractivity contribution in [2.24, 2.45) is 7.05 Å². The molecule has 0 amide bonds. The summed E-state index contributed by atoms with van der Waals surface area (Å²) in [6.07, 6.45) is 5.08. The Morgan fingerprint density at radius 1 is 0.861 bits per heavy atom. The molecule has 186 valence electrons. The van der Waals surface area contributed by atoms with E-state index in [1.165, 1.54) is 5.22 Å². The summed E-state index contributed by atoms with van der Waals surface area (Å²) in [5.41, 5.74) is 4.36. The predicted molar refractivity (Wildman–Crippen MR) is 145 cm³/mol. The molecule has 0 N–H and O–H groups in total. The highest BCUT2D eigenvalue weighted by molar-refractivity contribution is 6.12. The van der Waals surface area contributed by atoms with Gasteiger partial charge in [-0.15, -0.1) is 0 Å². The maximum absolute atomic E-state index is 5.91. The average Bonchev–Trinajstić information content (AvgIpc) is 2.90. The Bertz CT molecular complexity index is 1590. The van der Waals surface area contributed by atoms with E-state index in [1.54, 1.807) is 28.4 Å². The monoisotopic (exact) mass is 485 g/mol. The zero-order chi connectivity index (χ0) is 25.6. The van der Waals surface area contributed by atoms with E-state index in [0.29, 0.717) is 5.75 Å². The van der Waals surface area contributed by atoms with E-state index in [1.807, 2.05) is 14.1 Å². The summed E-state index contributed by atoms with van der Waals surface area (Å²) in [6, 6.07) is 15.0. The summed E-state index contributed by atoms with van der Waals surface area (Å²) < 4.78 is 25.4. The lowest BCUT2D eigenvalue weighted by molar-refractivity contribution is -0.644. The molecule has 6 heteroatoms. The molecule has 1 heterocycles. The van der Waals surface area contributed by atoms with Crippen molar-refractivity contribution in [1.29, 1.82) is 0 Å². The molecule has 5 rings (SSSR count). The summed E-state index contributed by atoms with van der Waals surface area (Å²) in [5, 5.41) is 5.60. The van der Waals surface area contributed by atoms with Crippen molar-refractivity contribution in [1.82, 2.24) is 0 Å². The molecule has 1 aromatic heterocycles. The average molecular weight is 486 g/mol. The van der Waals surface area contributed by atoms with E-state index in [-0.39, 0.29) is 6.10 Å². The first kappa shape index (κ1) is 23.9. The summed E-state index contributed by atoms with van der Waals surface area (Å²) in [7, 11) is 13.0. The Morgan fingerprint density at radius 2 is 1.58 bits per heavy atom. The summed E-state index contributed by atoms with van der Waals surface area (Å²) >= 11 is 0. The molecule has 0 spiro atoms. The van der Waals surface area contributed by atoms with Gasteiger partial charge in [-0.3, -0.25) is 0 Å². The zero-order valence-corrected chi connectivity index (χ0v) is 22.0. The van der Waals surface area contributed by atoms with E-state index in [4.69, 9.17) is 18.9 Å². The Morgan fingerprint density at radius 3 is 2.19 bits per heavy atom. The molecular weight excluding hydrogens is 452 g/mol. The standard InChI is InChI=1S/C30H33N2O4/c1-31(2)19-10-8-18(9-11-19)27-21-12-13-22-20-14-15-25(33-4)29(35-6)24(20)17-32(3)28(22)23(21)16-26(34-5)30(27)36-7/h8-14,16-17,25H,15H2,1-7H3/q+1. The Hall–Kier alpha value is -3.77. The van der Waals surface area contributed by atoms with Gasteiger partial charge in [0, 0.05) is 43.1 Å². The van der Waals surface area contributed by atoms with Crippen LogP contribution in [0.3, 0.4) is 0 Å². The first-order chi connectivity index (χ1) is 17.4. The molecular formula is C30H33N2O4+. The van der Waals surface area contributed by atoms with Crippen molar-refractivity contribution in [2.75, 3.05) is 47.4 Å². The molecule has 4 aromatic rings. The van der Waals surface area contributed by atoms with Gasteiger partial charge in [0.15, 0.2) is 17.7 Å². The topological polar surface area (TPSA) is 44.0 Å². The highest BCUT2D eigenvalue weighted by Gasteiger charge is 2.25. The third-order valence-corrected chi connectivity index (χ3v) is 7.16. The Balaban J connectivity index is 1.91. The van der Waals surface area contributed by atoms with Gasteiger partial charge >= 0.3 is 0 Å². The molecule has 0 saturated carbocycles. The maximum atomic E-state index is 5.91. The molecule has 0 aliphatic heterocycles. The van der Waals surface area contributed by atoms with Gasteiger partial charge in [-0.2, -0.15) is 4.57 Å². The number of methoxy groups -OCH3 is 4. The third-order valence-electron chi connectivity index (χ3n) is 7.16. The molecule has 0 bridgehead atoms. The van der Waals surface area contributed by atoms with Gasteiger partial charge in [0.05, 0.1) is 37.3 Å². The van der Waals surface area contributed by atoms with Crippen molar-refractivity contribution in [2.45, 2.75) is 12.5 Å². The number of hydrogen-bond donors (Lipinski definition) is 0. The molecule has 0 fully saturated rings. The number of fused-ring (bicyclic) bond motifs is 5. The quantitative estimate of drug-likeness (QED) is 0.309. The van der Waals surface area contributed by atoms with Crippen LogP contribution in [0.15, 0.2) is 48.7 Å². The lowest BCUT2D eigenvalue weighted by atomic mass is 9.93. The molecule has 3 aromatic carbocycles. The van der Waals surface area contributed by atoms with Crippen LogP contribution in [-0.4, -0.2) is 48.6 Å². The minimum Gasteiger partial charge on any atom is -0.497 e. The molecule has 1 atom stereocenters. The molecule has 36 heavy (non-hydrogen) atoms. The Labute approximate surface area is 211 Å². The molecule has 6 nitrogen and oxygen atoms in total. The fourth-order valence-corrected chi connectivity index (χ4v) is 5.42. The SMILES string of the molecule is COC1=c2c[n+](C)c3c(ccc4c(-c5ccc(N(C)C)cc5)c(OC)c(OC)cc43)c2=CCC1OC. The summed E-state index contributed by atoms with van der Waals surface area (Å²) in [5.74, 6) is 2.29. The van der Waals surface area contributed by atoms with Gasteiger partial charge in [0.25, 0.3) is 0 Å². The molecule has 1 aliphatic rings. The highest BCUT2D eigenvalue weighted by atomic mass is 16.5. The predicted octanol–water partition coefficient (Wildman–Crippen LogP) is 3.52. The minimum atomic E-state index is -0.0819. The van der Waals surface area contributed by atoms with Crippen LogP contribution in [0.4, 0.5) is 5.69 Å². The lowest BCUT2D eigenvalue weighted by Crippen LogP contribution is -2.45. The number of ether oxygens (including phenoxy) is 4. The molecule has 1 unspecified atom stereocenters. The van der Waals surface area contributed by atoms with Crippen LogP contribution in [0.1, 0.15) is 6.42 Å². The van der Waals surface area contributed by atoms with Gasteiger partial charge in [-0.05, 0) is 36.2 Å². The number of pyridine rings is 1. The second-order valence-corrected chi connectivity index (χ2v) is 9.29. The smallest absolute Gasteiger partial charge is 0.220 e. The van der Waals surface area contributed by atoms with Crippen molar-refractivity contribution in [3.63, 3.8) is 0 Å². The van der Waals surface area contributed by atoms with Crippen LogP contribution in [0.5, 0.6) is 11.5 Å². The van der Waals surface area contributed by atoms with Crippen LogP contribution in [0, 0.1) is 0 Å². The van der Waals surface area contributed by atoms with Gasteiger partial charge < -0.3 is 23.8 Å².